The average Bonchev–Trinajstić information content (AvgIpc) is 2.74. The van der Waals surface area contributed by atoms with Crippen LogP contribution in [0.3, 0.4) is 0 Å². The van der Waals surface area contributed by atoms with Crippen LogP contribution in [0.15, 0.2) is 46.5 Å². The molecule has 0 radical (unpaired) electrons. The molecule has 11 heteroatoms. The topological polar surface area (TPSA) is 122 Å². The summed E-state index contributed by atoms with van der Waals surface area (Å²) in [4.78, 5) is 50.2. The molecular weight excluding hydrogens is 432 g/mol. The highest BCUT2D eigenvalue weighted by atomic mass is 32.2. The lowest BCUT2D eigenvalue weighted by molar-refractivity contribution is -0.192. The number of nitrogens with zero attached hydrogens (tertiary/aromatic N) is 1. The van der Waals surface area contributed by atoms with Gasteiger partial charge in [0.25, 0.3) is 11.6 Å². The van der Waals surface area contributed by atoms with Crippen LogP contribution in [0.2, 0.25) is 0 Å². The van der Waals surface area contributed by atoms with E-state index >= 15 is 0 Å². The molecule has 0 saturated carbocycles. The van der Waals surface area contributed by atoms with Gasteiger partial charge in [0.2, 0.25) is 5.91 Å². The zero-order valence-electron chi connectivity index (χ0n) is 16.2. The van der Waals surface area contributed by atoms with Crippen molar-refractivity contribution in [3.8, 4) is 0 Å². The van der Waals surface area contributed by atoms with Crippen LogP contribution in [-0.4, -0.2) is 70.1 Å². The van der Waals surface area contributed by atoms with E-state index in [-0.39, 0.29) is 23.8 Å². The fourth-order valence-corrected chi connectivity index (χ4v) is 5.29. The summed E-state index contributed by atoms with van der Waals surface area (Å²) >= 11 is 2.54. The van der Waals surface area contributed by atoms with Gasteiger partial charge in [0.15, 0.2) is 0 Å². The SMILES string of the molecule is CO[C@@]1(NC(=O)CSc2ccccc2)C(=O)N2C(C(=O)O)=C(COC(C)=O)CS[C@@H]21. The molecule has 9 nitrogen and oxygen atoms in total. The minimum Gasteiger partial charge on any atom is -0.477 e. The number of hydrogen-bond donors (Lipinski definition) is 2. The molecule has 0 spiro atoms. The third kappa shape index (κ3) is 4.18. The summed E-state index contributed by atoms with van der Waals surface area (Å²) in [5.41, 5.74) is -1.58. The minimum atomic E-state index is -1.65. The maximum atomic E-state index is 12.9. The molecule has 1 aromatic rings. The minimum absolute atomic E-state index is 0.0686. The number of benzene rings is 1. The Hall–Kier alpha value is -2.50. The van der Waals surface area contributed by atoms with Crippen LogP contribution in [0.1, 0.15) is 6.92 Å². The lowest BCUT2D eigenvalue weighted by Crippen LogP contribution is -2.80. The van der Waals surface area contributed by atoms with Crippen molar-refractivity contribution in [1.82, 2.24) is 10.2 Å². The molecule has 0 unspecified atom stereocenters. The molecule has 2 atom stereocenters. The Kier molecular flexibility index (Phi) is 6.74. The van der Waals surface area contributed by atoms with Crippen molar-refractivity contribution in [1.29, 1.82) is 0 Å². The van der Waals surface area contributed by atoms with E-state index in [0.717, 1.165) is 9.80 Å². The number of methoxy groups -OCH3 is 1. The predicted molar refractivity (Wildman–Crippen MR) is 109 cm³/mol. The fourth-order valence-electron chi connectivity index (χ4n) is 3.15. The molecule has 0 aliphatic carbocycles. The van der Waals surface area contributed by atoms with Crippen LogP contribution >= 0.6 is 23.5 Å². The number of thioether (sulfide) groups is 2. The highest BCUT2D eigenvalue weighted by molar-refractivity contribution is 8.00. The summed E-state index contributed by atoms with van der Waals surface area (Å²) in [5.74, 6) is -2.68. The molecule has 3 rings (SSSR count). The maximum absolute atomic E-state index is 12.9. The highest BCUT2D eigenvalue weighted by Crippen LogP contribution is 2.46. The number of aliphatic carboxylic acids is 1. The van der Waals surface area contributed by atoms with Crippen molar-refractivity contribution in [2.75, 3.05) is 25.2 Å². The Morgan fingerprint density at radius 2 is 2.03 bits per heavy atom. The molecule has 30 heavy (non-hydrogen) atoms. The summed E-state index contributed by atoms with van der Waals surface area (Å²) in [6.07, 6.45) is 0. The van der Waals surface area contributed by atoms with Gasteiger partial charge in [-0.25, -0.2) is 4.79 Å². The van der Waals surface area contributed by atoms with Crippen molar-refractivity contribution in [3.05, 3.63) is 41.6 Å². The van der Waals surface area contributed by atoms with Crippen molar-refractivity contribution in [2.45, 2.75) is 22.9 Å². The Bertz CT molecular complexity index is 905. The number of carbonyl (C=O) groups is 4. The van der Waals surface area contributed by atoms with E-state index in [1.807, 2.05) is 30.3 Å². The molecule has 2 aliphatic heterocycles. The predicted octanol–water partition coefficient (Wildman–Crippen LogP) is 1.05. The first kappa shape index (κ1) is 22.2. The van der Waals surface area contributed by atoms with Crippen LogP contribution < -0.4 is 5.32 Å². The second kappa shape index (κ2) is 9.11. The number of carboxylic acid groups (broad SMARTS) is 1. The fraction of sp³-hybridized carbons (Fsp3) is 0.368. The second-order valence-electron chi connectivity index (χ2n) is 6.47. The molecule has 160 valence electrons. The number of β-lactam (4-membered cyclic amide) rings is 1. The largest absolute Gasteiger partial charge is 0.477 e. The van der Waals surface area contributed by atoms with E-state index < -0.39 is 34.9 Å². The number of fused-ring (bicyclic) bond motifs is 1. The van der Waals surface area contributed by atoms with E-state index in [1.54, 1.807) is 0 Å². The van der Waals surface area contributed by atoms with Gasteiger partial charge in [-0.05, 0) is 12.1 Å². The summed E-state index contributed by atoms with van der Waals surface area (Å²) in [7, 11) is 1.29. The van der Waals surface area contributed by atoms with Gasteiger partial charge in [0.05, 0.1) is 5.75 Å². The number of nitrogens with one attached hydrogen (secondary N) is 1. The van der Waals surface area contributed by atoms with Gasteiger partial charge in [0, 0.05) is 30.3 Å². The van der Waals surface area contributed by atoms with Crippen molar-refractivity contribution >= 4 is 47.3 Å². The first-order chi connectivity index (χ1) is 14.3. The Morgan fingerprint density at radius 1 is 1.33 bits per heavy atom. The van der Waals surface area contributed by atoms with Gasteiger partial charge in [-0.2, -0.15) is 0 Å². The van der Waals surface area contributed by atoms with Gasteiger partial charge >= 0.3 is 11.9 Å². The quantitative estimate of drug-likeness (QED) is 0.258. The Balaban J connectivity index is 1.74. The van der Waals surface area contributed by atoms with Crippen LogP contribution in [0.4, 0.5) is 0 Å². The number of carboxylic acids is 1. The second-order valence-corrected chi connectivity index (χ2v) is 8.58. The number of hydrogen-bond acceptors (Lipinski definition) is 8. The van der Waals surface area contributed by atoms with Gasteiger partial charge in [-0.15, -0.1) is 23.5 Å². The Morgan fingerprint density at radius 3 is 2.63 bits per heavy atom. The molecule has 1 fully saturated rings. The summed E-state index contributed by atoms with van der Waals surface area (Å²) in [6, 6.07) is 9.32. The van der Waals surface area contributed by atoms with E-state index in [2.05, 4.69) is 5.32 Å². The number of ether oxygens (including phenoxy) is 2. The number of amides is 2. The van der Waals surface area contributed by atoms with Crippen molar-refractivity contribution in [2.24, 2.45) is 0 Å². The zero-order valence-corrected chi connectivity index (χ0v) is 17.9. The first-order valence-corrected chi connectivity index (χ1v) is 10.9. The number of rotatable bonds is 8. The molecule has 2 N–H and O–H groups in total. The van der Waals surface area contributed by atoms with Gasteiger partial charge < -0.3 is 19.9 Å². The van der Waals surface area contributed by atoms with Crippen LogP contribution in [0.25, 0.3) is 0 Å². The molecule has 1 aromatic carbocycles. The smallest absolute Gasteiger partial charge is 0.352 e. The molecule has 2 heterocycles. The first-order valence-electron chi connectivity index (χ1n) is 8.88. The van der Waals surface area contributed by atoms with Gasteiger partial charge in [0.1, 0.15) is 17.7 Å². The van der Waals surface area contributed by atoms with E-state index in [9.17, 15) is 24.3 Å². The summed E-state index contributed by atoms with van der Waals surface area (Å²) < 4.78 is 10.3. The van der Waals surface area contributed by atoms with Crippen LogP contribution in [0, 0.1) is 0 Å². The zero-order chi connectivity index (χ0) is 21.9. The molecule has 0 bridgehead atoms. The number of carbonyl (C=O) groups excluding carboxylic acids is 3. The van der Waals surface area contributed by atoms with Crippen LogP contribution in [0.5, 0.6) is 0 Å². The lowest BCUT2D eigenvalue weighted by Gasteiger charge is -2.55. The average molecular weight is 453 g/mol. The monoisotopic (exact) mass is 452 g/mol. The van der Waals surface area contributed by atoms with E-state index in [4.69, 9.17) is 9.47 Å². The number of esters is 1. The summed E-state index contributed by atoms with van der Waals surface area (Å²) in [5, 5.41) is 11.5. The van der Waals surface area contributed by atoms with Crippen LogP contribution in [-0.2, 0) is 28.7 Å². The molecule has 1 saturated heterocycles. The molecule has 2 amide bonds. The van der Waals surface area contributed by atoms with E-state index in [0.29, 0.717) is 5.57 Å². The summed E-state index contributed by atoms with van der Waals surface area (Å²) in [6.45, 7) is 0.994. The molecular formula is C19H20N2O7S2. The van der Waals surface area contributed by atoms with Crippen molar-refractivity contribution in [3.63, 3.8) is 0 Å². The highest BCUT2D eigenvalue weighted by Gasteiger charge is 2.66. The van der Waals surface area contributed by atoms with Crippen molar-refractivity contribution < 1.29 is 33.8 Å². The molecule has 0 aromatic heterocycles. The maximum Gasteiger partial charge on any atom is 0.352 e. The standard InChI is InChI=1S/C19H20N2O7S2/c1-11(22)28-8-12-9-30-18-19(27-2,17(26)21(18)15(12)16(24)25)20-14(23)10-29-13-6-4-3-5-7-13/h3-7,18H,8-10H2,1-2H3,(H,20,23)(H,24,25)/t18-,19+/m1/s1. The van der Waals surface area contributed by atoms with E-state index in [1.165, 1.54) is 37.6 Å². The third-order valence-electron chi connectivity index (χ3n) is 4.52. The Labute approximate surface area is 181 Å². The third-order valence-corrected chi connectivity index (χ3v) is 6.91. The molecule has 2 aliphatic rings. The lowest BCUT2D eigenvalue weighted by atomic mass is 9.98. The van der Waals surface area contributed by atoms with Gasteiger partial charge in [-0.3, -0.25) is 19.3 Å². The van der Waals surface area contributed by atoms with Gasteiger partial charge in [-0.1, -0.05) is 18.2 Å². The normalized spacial score (nSPS) is 22.8.